The number of nitrogens with one attached hydrogen (secondary N) is 1. The number of amides is 1. The Balaban J connectivity index is 1.36. The molecule has 0 radical (unpaired) electrons. The van der Waals surface area contributed by atoms with Crippen LogP contribution >= 0.6 is 0 Å². The normalized spacial score (nSPS) is 22.5. The molecule has 5 nitrogen and oxygen atoms in total. The summed E-state index contributed by atoms with van der Waals surface area (Å²) in [5, 5.41) is 3.64. The summed E-state index contributed by atoms with van der Waals surface area (Å²) in [5.41, 5.74) is 8.03. The van der Waals surface area contributed by atoms with Crippen molar-refractivity contribution in [1.82, 2.24) is 10.3 Å². The van der Waals surface area contributed by atoms with Gasteiger partial charge in [-0.2, -0.15) is 0 Å². The highest BCUT2D eigenvalue weighted by Gasteiger charge is 2.34. The molecule has 4 rings (SSSR count). The number of ether oxygens (including phenoxy) is 1. The SMILES string of the molecule is Cc1c(CCNCC2CC3C=CC2C3)cccc1Oc1ccncc1C(N)=O. The van der Waals surface area contributed by atoms with Crippen LogP contribution in [0.3, 0.4) is 0 Å². The highest BCUT2D eigenvalue weighted by Crippen LogP contribution is 2.42. The minimum absolute atomic E-state index is 0.286. The Labute approximate surface area is 166 Å². The van der Waals surface area contributed by atoms with E-state index >= 15 is 0 Å². The van der Waals surface area contributed by atoms with Crippen LogP contribution in [0.5, 0.6) is 11.5 Å². The lowest BCUT2D eigenvalue weighted by Crippen LogP contribution is -2.27. The van der Waals surface area contributed by atoms with Crippen LogP contribution in [0.2, 0.25) is 0 Å². The van der Waals surface area contributed by atoms with Crippen molar-refractivity contribution in [3.8, 4) is 11.5 Å². The summed E-state index contributed by atoms with van der Waals surface area (Å²) in [6, 6.07) is 7.70. The highest BCUT2D eigenvalue weighted by atomic mass is 16.5. The van der Waals surface area contributed by atoms with E-state index in [1.807, 2.05) is 12.1 Å². The number of allylic oxidation sites excluding steroid dienone is 2. The van der Waals surface area contributed by atoms with Crippen molar-refractivity contribution in [2.24, 2.45) is 23.5 Å². The number of benzene rings is 1. The molecule has 0 aliphatic heterocycles. The summed E-state index contributed by atoms with van der Waals surface area (Å²) < 4.78 is 5.99. The van der Waals surface area contributed by atoms with Gasteiger partial charge in [0.05, 0.1) is 0 Å². The van der Waals surface area contributed by atoms with Gasteiger partial charge in [0.15, 0.2) is 0 Å². The van der Waals surface area contributed by atoms with Crippen LogP contribution in [0.4, 0.5) is 0 Å². The molecule has 1 aromatic heterocycles. The van der Waals surface area contributed by atoms with E-state index < -0.39 is 5.91 Å². The van der Waals surface area contributed by atoms with E-state index in [0.717, 1.165) is 48.6 Å². The zero-order chi connectivity index (χ0) is 19.5. The molecule has 2 aromatic rings. The van der Waals surface area contributed by atoms with Gasteiger partial charge in [0.1, 0.15) is 17.1 Å². The Hall–Kier alpha value is -2.66. The molecule has 3 N–H and O–H groups in total. The number of pyridine rings is 1. The predicted molar refractivity (Wildman–Crippen MR) is 109 cm³/mol. The first-order valence-electron chi connectivity index (χ1n) is 10.0. The molecule has 146 valence electrons. The standard InChI is InChI=1S/C23H27N3O2/c1-15-17(7-9-25-13-19-12-16-5-6-18(19)11-16)3-2-4-21(15)28-22-8-10-26-14-20(22)23(24)27/h2-6,8,10,14,16,18-19,25H,7,9,11-13H2,1H3,(H2,24,27). The molecule has 1 aromatic carbocycles. The molecule has 28 heavy (non-hydrogen) atoms. The van der Waals surface area contributed by atoms with Crippen LogP contribution in [0.25, 0.3) is 0 Å². The third-order valence-electron chi connectivity index (χ3n) is 6.06. The molecule has 5 heteroatoms. The fourth-order valence-corrected chi connectivity index (χ4v) is 4.46. The molecule has 2 aliphatic rings. The van der Waals surface area contributed by atoms with Gasteiger partial charge in [0.2, 0.25) is 0 Å². The number of fused-ring (bicyclic) bond motifs is 2. The number of primary amides is 1. The van der Waals surface area contributed by atoms with Gasteiger partial charge in [0.25, 0.3) is 5.91 Å². The molecule has 3 atom stereocenters. The van der Waals surface area contributed by atoms with Crippen LogP contribution in [-0.2, 0) is 6.42 Å². The van der Waals surface area contributed by atoms with E-state index in [0.29, 0.717) is 5.75 Å². The first-order chi connectivity index (χ1) is 13.6. The van der Waals surface area contributed by atoms with Gasteiger partial charge in [0, 0.05) is 12.4 Å². The fraction of sp³-hybridized carbons (Fsp3) is 0.391. The van der Waals surface area contributed by atoms with Crippen molar-refractivity contribution in [3.05, 3.63) is 65.5 Å². The smallest absolute Gasteiger partial charge is 0.254 e. The van der Waals surface area contributed by atoms with Gasteiger partial charge < -0.3 is 15.8 Å². The minimum Gasteiger partial charge on any atom is -0.456 e. The van der Waals surface area contributed by atoms with E-state index in [2.05, 4.69) is 35.4 Å². The lowest BCUT2D eigenvalue weighted by Gasteiger charge is -2.19. The zero-order valence-electron chi connectivity index (χ0n) is 16.2. The fourth-order valence-electron chi connectivity index (χ4n) is 4.46. The number of hydrogen-bond donors (Lipinski definition) is 2. The lowest BCUT2D eigenvalue weighted by atomic mass is 9.93. The average molecular weight is 377 g/mol. The Morgan fingerprint density at radius 3 is 2.89 bits per heavy atom. The van der Waals surface area contributed by atoms with Crippen LogP contribution in [0.1, 0.15) is 34.3 Å². The van der Waals surface area contributed by atoms with Gasteiger partial charge in [-0.1, -0.05) is 24.3 Å². The summed E-state index contributed by atoms with van der Waals surface area (Å²) in [6.07, 6.45) is 11.5. The number of hydrogen-bond acceptors (Lipinski definition) is 4. The van der Waals surface area contributed by atoms with Crippen molar-refractivity contribution in [2.75, 3.05) is 13.1 Å². The number of carbonyl (C=O) groups is 1. The van der Waals surface area contributed by atoms with Crippen molar-refractivity contribution >= 4 is 5.91 Å². The van der Waals surface area contributed by atoms with Gasteiger partial charge in [-0.25, -0.2) is 0 Å². The van der Waals surface area contributed by atoms with Gasteiger partial charge in [-0.15, -0.1) is 0 Å². The second kappa shape index (κ2) is 8.15. The largest absolute Gasteiger partial charge is 0.456 e. The molecule has 1 amide bonds. The topological polar surface area (TPSA) is 77.2 Å². The molecule has 3 unspecified atom stereocenters. The second-order valence-corrected chi connectivity index (χ2v) is 7.87. The average Bonchev–Trinajstić information content (AvgIpc) is 3.31. The number of rotatable bonds is 8. The summed E-state index contributed by atoms with van der Waals surface area (Å²) in [4.78, 5) is 15.5. The summed E-state index contributed by atoms with van der Waals surface area (Å²) in [5.74, 6) is 3.04. The van der Waals surface area contributed by atoms with Crippen molar-refractivity contribution in [2.45, 2.75) is 26.2 Å². The molecule has 2 aliphatic carbocycles. The molecular weight excluding hydrogens is 350 g/mol. The number of carbonyl (C=O) groups excluding carboxylic acids is 1. The van der Waals surface area contributed by atoms with Crippen LogP contribution in [0, 0.1) is 24.7 Å². The maximum absolute atomic E-state index is 11.6. The van der Waals surface area contributed by atoms with Crippen molar-refractivity contribution in [1.29, 1.82) is 0 Å². The molecular formula is C23H27N3O2. The first-order valence-corrected chi connectivity index (χ1v) is 10.0. The minimum atomic E-state index is -0.545. The lowest BCUT2D eigenvalue weighted by molar-refractivity contribution is 0.0997. The monoisotopic (exact) mass is 377 g/mol. The molecule has 1 saturated carbocycles. The Kier molecular flexibility index (Phi) is 5.44. The Bertz CT molecular complexity index is 893. The van der Waals surface area contributed by atoms with E-state index in [-0.39, 0.29) is 5.56 Å². The van der Waals surface area contributed by atoms with Gasteiger partial charge in [-0.05, 0) is 80.3 Å². The zero-order valence-corrected chi connectivity index (χ0v) is 16.2. The molecule has 1 heterocycles. The maximum atomic E-state index is 11.6. The summed E-state index contributed by atoms with van der Waals surface area (Å²) >= 11 is 0. The van der Waals surface area contributed by atoms with E-state index in [4.69, 9.17) is 10.5 Å². The van der Waals surface area contributed by atoms with Crippen molar-refractivity contribution < 1.29 is 9.53 Å². The molecule has 2 bridgehead atoms. The predicted octanol–water partition coefficient (Wildman–Crippen LogP) is 3.63. The number of aromatic nitrogens is 1. The summed E-state index contributed by atoms with van der Waals surface area (Å²) in [6.45, 7) is 4.10. The van der Waals surface area contributed by atoms with Crippen LogP contribution < -0.4 is 15.8 Å². The molecule has 0 saturated heterocycles. The maximum Gasteiger partial charge on any atom is 0.254 e. The quantitative estimate of drug-likeness (QED) is 0.544. The van der Waals surface area contributed by atoms with E-state index in [9.17, 15) is 4.79 Å². The Morgan fingerprint density at radius 1 is 1.25 bits per heavy atom. The molecule has 0 spiro atoms. The number of nitrogens with two attached hydrogens (primary N) is 1. The van der Waals surface area contributed by atoms with Crippen LogP contribution in [0.15, 0.2) is 48.8 Å². The third kappa shape index (κ3) is 3.94. The van der Waals surface area contributed by atoms with E-state index in [1.165, 1.54) is 24.6 Å². The van der Waals surface area contributed by atoms with Crippen LogP contribution in [-0.4, -0.2) is 24.0 Å². The third-order valence-corrected chi connectivity index (χ3v) is 6.06. The molecule has 1 fully saturated rings. The number of nitrogens with zero attached hydrogens (tertiary/aromatic N) is 1. The van der Waals surface area contributed by atoms with E-state index in [1.54, 1.807) is 12.3 Å². The Morgan fingerprint density at radius 2 is 2.14 bits per heavy atom. The van der Waals surface area contributed by atoms with Gasteiger partial charge in [-0.3, -0.25) is 9.78 Å². The van der Waals surface area contributed by atoms with Gasteiger partial charge >= 0.3 is 0 Å². The first kappa shape index (κ1) is 18.7. The van der Waals surface area contributed by atoms with Crippen molar-refractivity contribution in [3.63, 3.8) is 0 Å². The highest BCUT2D eigenvalue weighted by molar-refractivity contribution is 5.95. The second-order valence-electron chi connectivity index (χ2n) is 7.87. The summed E-state index contributed by atoms with van der Waals surface area (Å²) in [7, 11) is 0.